The summed E-state index contributed by atoms with van der Waals surface area (Å²) >= 11 is 0. The molecule has 2 saturated heterocycles. The van der Waals surface area contributed by atoms with Crippen LogP contribution in [0.2, 0.25) is 0 Å². The Morgan fingerprint density at radius 3 is 2.91 bits per heavy atom. The summed E-state index contributed by atoms with van der Waals surface area (Å²) in [6, 6.07) is 0. The number of aliphatic hydroxyl groups is 1. The van der Waals surface area contributed by atoms with Gasteiger partial charge in [0.05, 0.1) is 13.2 Å². The summed E-state index contributed by atoms with van der Waals surface area (Å²) in [7, 11) is 0. The molecule has 64 valence electrons. The van der Waals surface area contributed by atoms with Crippen molar-refractivity contribution in [3.05, 3.63) is 0 Å². The van der Waals surface area contributed by atoms with Crippen molar-refractivity contribution in [2.45, 2.75) is 31.5 Å². The van der Waals surface area contributed by atoms with Gasteiger partial charge in [0.1, 0.15) is 18.3 Å². The molecule has 1 unspecified atom stereocenters. The van der Waals surface area contributed by atoms with E-state index < -0.39 is 6.10 Å². The molecular formula is C7H12O4. The Hall–Kier alpha value is -0.160. The fraction of sp³-hybridized carbons (Fsp3) is 1.00. The van der Waals surface area contributed by atoms with Crippen molar-refractivity contribution in [1.29, 1.82) is 0 Å². The third kappa shape index (κ3) is 1.27. The minimum Gasteiger partial charge on any atom is -0.388 e. The standard InChI is InChI=1S/C7H12O4/c1-4-9-3-6-7(11-4)5(8)2-10-6/h4-8H,2-3H2,1H3/t4?,5-,6+,7+/m1/s1. The number of aliphatic hydroxyl groups excluding tert-OH is 1. The average Bonchev–Trinajstić information content (AvgIpc) is 2.33. The Bertz CT molecular complexity index is 149. The first kappa shape index (κ1) is 7.49. The van der Waals surface area contributed by atoms with Crippen LogP contribution in [0.5, 0.6) is 0 Å². The van der Waals surface area contributed by atoms with E-state index in [1.807, 2.05) is 6.92 Å². The summed E-state index contributed by atoms with van der Waals surface area (Å²) in [6.45, 7) is 2.72. The van der Waals surface area contributed by atoms with Crippen LogP contribution in [0.4, 0.5) is 0 Å². The predicted molar refractivity (Wildman–Crippen MR) is 36.0 cm³/mol. The van der Waals surface area contributed by atoms with Crippen LogP contribution in [0.25, 0.3) is 0 Å². The lowest BCUT2D eigenvalue weighted by atomic mass is 10.1. The highest BCUT2D eigenvalue weighted by molar-refractivity contribution is 4.86. The smallest absolute Gasteiger partial charge is 0.155 e. The molecule has 0 aliphatic carbocycles. The van der Waals surface area contributed by atoms with Crippen LogP contribution in [0.1, 0.15) is 6.92 Å². The van der Waals surface area contributed by atoms with Gasteiger partial charge < -0.3 is 19.3 Å². The van der Waals surface area contributed by atoms with Crippen LogP contribution in [-0.4, -0.2) is 42.9 Å². The van der Waals surface area contributed by atoms with Crippen molar-refractivity contribution in [3.8, 4) is 0 Å². The molecule has 1 N–H and O–H groups in total. The summed E-state index contributed by atoms with van der Waals surface area (Å²) in [5.74, 6) is 0. The van der Waals surface area contributed by atoms with Gasteiger partial charge in [-0.15, -0.1) is 0 Å². The fourth-order valence-corrected chi connectivity index (χ4v) is 1.47. The first-order chi connectivity index (χ1) is 5.27. The molecule has 0 radical (unpaired) electrons. The van der Waals surface area contributed by atoms with Crippen LogP contribution >= 0.6 is 0 Å². The fourth-order valence-electron chi connectivity index (χ4n) is 1.47. The van der Waals surface area contributed by atoms with Gasteiger partial charge in [-0.05, 0) is 6.92 Å². The molecule has 2 aliphatic heterocycles. The summed E-state index contributed by atoms with van der Waals surface area (Å²) in [4.78, 5) is 0. The topological polar surface area (TPSA) is 47.9 Å². The van der Waals surface area contributed by atoms with Crippen LogP contribution in [0.15, 0.2) is 0 Å². The van der Waals surface area contributed by atoms with Gasteiger partial charge in [0.15, 0.2) is 6.29 Å². The number of ether oxygens (including phenoxy) is 3. The van der Waals surface area contributed by atoms with Crippen LogP contribution in [-0.2, 0) is 14.2 Å². The van der Waals surface area contributed by atoms with Gasteiger partial charge in [-0.3, -0.25) is 0 Å². The third-order valence-corrected chi connectivity index (χ3v) is 2.07. The molecule has 4 nitrogen and oxygen atoms in total. The van der Waals surface area contributed by atoms with E-state index >= 15 is 0 Å². The molecule has 11 heavy (non-hydrogen) atoms. The Labute approximate surface area is 65.1 Å². The van der Waals surface area contributed by atoms with Crippen molar-refractivity contribution in [3.63, 3.8) is 0 Å². The van der Waals surface area contributed by atoms with Gasteiger partial charge in [0.25, 0.3) is 0 Å². The lowest BCUT2D eigenvalue weighted by molar-refractivity contribution is -0.239. The Kier molecular flexibility index (Phi) is 1.85. The zero-order valence-electron chi connectivity index (χ0n) is 6.40. The minimum atomic E-state index is -0.480. The maximum Gasteiger partial charge on any atom is 0.155 e. The van der Waals surface area contributed by atoms with E-state index in [1.54, 1.807) is 0 Å². The Morgan fingerprint density at radius 2 is 2.09 bits per heavy atom. The second-order valence-electron chi connectivity index (χ2n) is 2.94. The van der Waals surface area contributed by atoms with Crippen molar-refractivity contribution in [2.24, 2.45) is 0 Å². The molecule has 0 aromatic heterocycles. The van der Waals surface area contributed by atoms with Gasteiger partial charge in [0, 0.05) is 0 Å². The molecule has 0 aromatic rings. The quantitative estimate of drug-likeness (QED) is 0.519. The molecule has 4 heteroatoms. The summed E-state index contributed by atoms with van der Waals surface area (Å²) in [5, 5.41) is 9.34. The van der Waals surface area contributed by atoms with E-state index in [1.165, 1.54) is 0 Å². The number of hydrogen-bond acceptors (Lipinski definition) is 4. The second kappa shape index (κ2) is 2.71. The van der Waals surface area contributed by atoms with Crippen molar-refractivity contribution in [2.75, 3.05) is 13.2 Å². The Balaban J connectivity index is 2.01. The lowest BCUT2D eigenvalue weighted by Gasteiger charge is -2.30. The Morgan fingerprint density at radius 1 is 1.27 bits per heavy atom. The van der Waals surface area contributed by atoms with Crippen molar-refractivity contribution in [1.82, 2.24) is 0 Å². The molecule has 4 atom stereocenters. The molecule has 2 heterocycles. The molecule has 2 rings (SSSR count). The van der Waals surface area contributed by atoms with E-state index in [0.29, 0.717) is 13.2 Å². The maximum absolute atomic E-state index is 9.34. The molecule has 0 saturated carbocycles. The largest absolute Gasteiger partial charge is 0.388 e. The van der Waals surface area contributed by atoms with Gasteiger partial charge in [0.2, 0.25) is 0 Å². The highest BCUT2D eigenvalue weighted by atomic mass is 16.7. The predicted octanol–water partition coefficient (Wildman–Crippen LogP) is -0.493. The van der Waals surface area contributed by atoms with Crippen LogP contribution in [0, 0.1) is 0 Å². The van der Waals surface area contributed by atoms with Crippen LogP contribution < -0.4 is 0 Å². The van der Waals surface area contributed by atoms with E-state index in [2.05, 4.69) is 0 Å². The van der Waals surface area contributed by atoms with Crippen molar-refractivity contribution < 1.29 is 19.3 Å². The first-order valence-corrected chi connectivity index (χ1v) is 3.84. The average molecular weight is 160 g/mol. The van der Waals surface area contributed by atoms with E-state index in [9.17, 15) is 5.11 Å². The van der Waals surface area contributed by atoms with Gasteiger partial charge in [-0.1, -0.05) is 0 Å². The van der Waals surface area contributed by atoms with E-state index in [0.717, 1.165) is 0 Å². The zero-order valence-corrected chi connectivity index (χ0v) is 6.40. The number of hydrogen-bond donors (Lipinski definition) is 1. The van der Waals surface area contributed by atoms with Gasteiger partial charge in [-0.25, -0.2) is 0 Å². The normalized spacial score (nSPS) is 50.7. The molecule has 2 aliphatic rings. The number of fused-ring (bicyclic) bond motifs is 1. The second-order valence-corrected chi connectivity index (χ2v) is 2.94. The summed E-state index contributed by atoms with van der Waals surface area (Å²) in [6.07, 6.45) is -0.945. The highest BCUT2D eigenvalue weighted by Crippen LogP contribution is 2.24. The summed E-state index contributed by atoms with van der Waals surface area (Å²) in [5.41, 5.74) is 0. The summed E-state index contributed by atoms with van der Waals surface area (Å²) < 4.78 is 15.7. The maximum atomic E-state index is 9.34. The van der Waals surface area contributed by atoms with E-state index in [4.69, 9.17) is 14.2 Å². The number of rotatable bonds is 0. The van der Waals surface area contributed by atoms with Crippen LogP contribution in [0.3, 0.4) is 0 Å². The highest BCUT2D eigenvalue weighted by Gasteiger charge is 2.41. The molecule has 0 aromatic carbocycles. The molecule has 0 spiro atoms. The van der Waals surface area contributed by atoms with Crippen molar-refractivity contribution >= 4 is 0 Å². The third-order valence-electron chi connectivity index (χ3n) is 2.07. The molecular weight excluding hydrogens is 148 g/mol. The zero-order chi connectivity index (χ0) is 7.84. The first-order valence-electron chi connectivity index (χ1n) is 3.84. The minimum absolute atomic E-state index is 0.0683. The molecule has 0 amide bonds. The molecule has 2 fully saturated rings. The molecule has 0 bridgehead atoms. The van der Waals surface area contributed by atoms with E-state index in [-0.39, 0.29) is 18.5 Å². The lowest BCUT2D eigenvalue weighted by Crippen LogP contribution is -2.44. The van der Waals surface area contributed by atoms with Gasteiger partial charge >= 0.3 is 0 Å². The SMILES string of the molecule is CC1OC[C@@H]2OC[C@@H](O)[C@@H]2O1. The van der Waals surface area contributed by atoms with Gasteiger partial charge in [-0.2, -0.15) is 0 Å². The monoisotopic (exact) mass is 160 g/mol.